The van der Waals surface area contributed by atoms with Crippen LogP contribution in [0.5, 0.6) is 17.2 Å². The van der Waals surface area contributed by atoms with Crippen LogP contribution in [0.4, 0.5) is 0 Å². The fourth-order valence-corrected chi connectivity index (χ4v) is 2.77. The molecule has 27 heavy (non-hydrogen) atoms. The van der Waals surface area contributed by atoms with Crippen LogP contribution < -0.4 is 14.2 Å². The maximum absolute atomic E-state index is 5.95. The van der Waals surface area contributed by atoms with E-state index in [4.69, 9.17) is 38.0 Å². The zero-order valence-electron chi connectivity index (χ0n) is 14.9. The Morgan fingerprint density at radius 1 is 1.07 bits per heavy atom. The summed E-state index contributed by atoms with van der Waals surface area (Å²) in [4.78, 5) is 0. The summed E-state index contributed by atoms with van der Waals surface area (Å²) in [6.07, 6.45) is 1.60. The summed E-state index contributed by atoms with van der Waals surface area (Å²) in [5.74, 6) is 2.28. The van der Waals surface area contributed by atoms with Crippen molar-refractivity contribution in [2.75, 3.05) is 21.3 Å². The predicted octanol–water partition coefficient (Wildman–Crippen LogP) is 4.17. The van der Waals surface area contributed by atoms with Crippen molar-refractivity contribution in [3.05, 3.63) is 51.8 Å². The highest BCUT2D eigenvalue weighted by molar-refractivity contribution is 7.71. The first-order valence-corrected chi connectivity index (χ1v) is 8.63. The topological polar surface area (TPSA) is 73.7 Å². The number of nitrogens with one attached hydrogen (secondary N) is 1. The highest BCUT2D eigenvalue weighted by Gasteiger charge is 2.13. The van der Waals surface area contributed by atoms with Crippen LogP contribution in [0.2, 0.25) is 5.02 Å². The number of halogens is 1. The lowest BCUT2D eigenvalue weighted by atomic mass is 10.2. The van der Waals surface area contributed by atoms with Gasteiger partial charge >= 0.3 is 0 Å². The van der Waals surface area contributed by atoms with Gasteiger partial charge in [0, 0.05) is 22.7 Å². The van der Waals surface area contributed by atoms with Gasteiger partial charge in [0.1, 0.15) is 17.2 Å². The van der Waals surface area contributed by atoms with Gasteiger partial charge in [-0.05, 0) is 36.5 Å². The average molecular weight is 405 g/mol. The third kappa shape index (κ3) is 3.96. The molecule has 0 saturated heterocycles. The van der Waals surface area contributed by atoms with Crippen molar-refractivity contribution in [1.29, 1.82) is 0 Å². The molecule has 0 aliphatic carbocycles. The number of aromatic amines is 1. The van der Waals surface area contributed by atoms with E-state index >= 15 is 0 Å². The number of nitrogens with zero attached hydrogens (tertiary/aromatic N) is 3. The molecule has 1 aromatic heterocycles. The zero-order chi connectivity index (χ0) is 19.4. The van der Waals surface area contributed by atoms with Gasteiger partial charge in [-0.1, -0.05) is 11.6 Å². The Hall–Kier alpha value is -2.84. The molecule has 3 aromatic rings. The lowest BCUT2D eigenvalue weighted by Crippen LogP contribution is -2.00. The van der Waals surface area contributed by atoms with Crippen molar-refractivity contribution in [2.45, 2.75) is 0 Å². The van der Waals surface area contributed by atoms with Crippen LogP contribution in [0.1, 0.15) is 5.56 Å². The molecule has 0 amide bonds. The standard InChI is InChI=1S/C18H17ClN4O3S/c1-24-13-8-15(25-2)14(16(9-13)26-3)10-20-23-17(21-22-18(23)27)11-4-6-12(19)7-5-11/h4-10H,1-3H3,(H,22,27)/b20-10+. The molecular weight excluding hydrogens is 388 g/mol. The number of benzene rings is 2. The van der Waals surface area contributed by atoms with E-state index in [1.54, 1.807) is 51.8 Å². The molecule has 0 radical (unpaired) electrons. The molecule has 140 valence electrons. The van der Waals surface area contributed by atoms with Gasteiger partial charge in [-0.25, -0.2) is 5.10 Å². The molecule has 0 aliphatic rings. The minimum atomic E-state index is 0.350. The summed E-state index contributed by atoms with van der Waals surface area (Å²) in [6.45, 7) is 0. The number of H-pyrrole nitrogens is 1. The molecule has 0 fully saturated rings. The van der Waals surface area contributed by atoms with Crippen LogP contribution in [0, 0.1) is 4.77 Å². The fraction of sp³-hybridized carbons (Fsp3) is 0.167. The highest BCUT2D eigenvalue weighted by atomic mass is 35.5. The molecule has 3 rings (SSSR count). The maximum Gasteiger partial charge on any atom is 0.216 e. The molecule has 0 unspecified atom stereocenters. The van der Waals surface area contributed by atoms with Crippen molar-refractivity contribution in [3.63, 3.8) is 0 Å². The number of methoxy groups -OCH3 is 3. The molecule has 1 heterocycles. The summed E-state index contributed by atoms with van der Waals surface area (Å²) in [5.41, 5.74) is 1.46. The van der Waals surface area contributed by atoms with Crippen molar-refractivity contribution in [1.82, 2.24) is 14.9 Å². The van der Waals surface area contributed by atoms with Crippen LogP contribution in [0.15, 0.2) is 41.5 Å². The Bertz CT molecular complexity index is 1000. The van der Waals surface area contributed by atoms with Crippen LogP contribution in [0.25, 0.3) is 11.4 Å². The Morgan fingerprint density at radius 3 is 2.26 bits per heavy atom. The van der Waals surface area contributed by atoms with Crippen molar-refractivity contribution in [2.24, 2.45) is 5.10 Å². The van der Waals surface area contributed by atoms with Gasteiger partial charge in [-0.2, -0.15) is 14.9 Å². The average Bonchev–Trinajstić information content (AvgIpc) is 3.06. The van der Waals surface area contributed by atoms with Crippen LogP contribution >= 0.6 is 23.8 Å². The minimum Gasteiger partial charge on any atom is -0.496 e. The number of hydrogen-bond donors (Lipinski definition) is 1. The Balaban J connectivity index is 2.06. The van der Waals surface area contributed by atoms with Gasteiger partial charge in [0.15, 0.2) is 5.82 Å². The summed E-state index contributed by atoms with van der Waals surface area (Å²) < 4.78 is 18.0. The van der Waals surface area contributed by atoms with Crippen LogP contribution in [-0.2, 0) is 0 Å². The Labute approximate surface area is 166 Å². The van der Waals surface area contributed by atoms with E-state index in [2.05, 4.69) is 15.3 Å². The number of ether oxygens (including phenoxy) is 3. The smallest absolute Gasteiger partial charge is 0.216 e. The number of aromatic nitrogens is 3. The number of rotatable bonds is 6. The molecule has 0 bridgehead atoms. The molecule has 2 aromatic carbocycles. The van der Waals surface area contributed by atoms with E-state index in [0.29, 0.717) is 38.4 Å². The van der Waals surface area contributed by atoms with E-state index in [9.17, 15) is 0 Å². The van der Waals surface area contributed by atoms with E-state index in [-0.39, 0.29) is 0 Å². The van der Waals surface area contributed by atoms with Gasteiger partial charge in [-0.15, -0.1) is 0 Å². The summed E-state index contributed by atoms with van der Waals surface area (Å²) in [6, 6.07) is 10.7. The maximum atomic E-state index is 5.95. The third-order valence-corrected chi connectivity index (χ3v) is 4.32. The van der Waals surface area contributed by atoms with Gasteiger partial charge in [0.25, 0.3) is 0 Å². The highest BCUT2D eigenvalue weighted by Crippen LogP contribution is 2.32. The normalized spacial score (nSPS) is 11.0. The minimum absolute atomic E-state index is 0.350. The van der Waals surface area contributed by atoms with Gasteiger partial charge in [0.2, 0.25) is 4.77 Å². The van der Waals surface area contributed by atoms with Crippen LogP contribution in [0.3, 0.4) is 0 Å². The SMILES string of the molecule is COc1cc(OC)c(/C=N/n2c(-c3ccc(Cl)cc3)n[nH]c2=S)c(OC)c1. The first kappa shape index (κ1) is 18.9. The first-order valence-electron chi connectivity index (χ1n) is 7.85. The second-order valence-corrected chi connectivity index (χ2v) is 6.18. The monoisotopic (exact) mass is 404 g/mol. The molecule has 0 saturated carbocycles. The summed E-state index contributed by atoms with van der Waals surface area (Å²) >= 11 is 11.3. The molecule has 1 N–H and O–H groups in total. The van der Waals surface area contributed by atoms with Gasteiger partial charge in [-0.3, -0.25) is 0 Å². The van der Waals surface area contributed by atoms with E-state index in [0.717, 1.165) is 5.56 Å². The Morgan fingerprint density at radius 2 is 1.70 bits per heavy atom. The van der Waals surface area contributed by atoms with Crippen LogP contribution in [-0.4, -0.2) is 42.4 Å². The molecule has 9 heteroatoms. The third-order valence-electron chi connectivity index (χ3n) is 3.81. The second kappa shape index (κ2) is 8.24. The second-order valence-electron chi connectivity index (χ2n) is 5.36. The van der Waals surface area contributed by atoms with E-state index in [1.807, 2.05) is 12.1 Å². The molecular formula is C18H17ClN4O3S. The van der Waals surface area contributed by atoms with Gasteiger partial charge in [0.05, 0.1) is 33.1 Å². The first-order chi connectivity index (χ1) is 13.1. The van der Waals surface area contributed by atoms with Gasteiger partial charge < -0.3 is 14.2 Å². The molecule has 0 atom stereocenters. The lowest BCUT2D eigenvalue weighted by Gasteiger charge is -2.12. The zero-order valence-corrected chi connectivity index (χ0v) is 16.5. The largest absolute Gasteiger partial charge is 0.496 e. The number of hydrogen-bond acceptors (Lipinski definition) is 6. The molecule has 7 nitrogen and oxygen atoms in total. The summed E-state index contributed by atoms with van der Waals surface area (Å²) in [5, 5.41) is 12.1. The van der Waals surface area contributed by atoms with E-state index in [1.165, 1.54) is 4.68 Å². The quantitative estimate of drug-likeness (QED) is 0.493. The van der Waals surface area contributed by atoms with Crippen molar-refractivity contribution < 1.29 is 14.2 Å². The lowest BCUT2D eigenvalue weighted by molar-refractivity contribution is 0.374. The molecule has 0 spiro atoms. The van der Waals surface area contributed by atoms with Crippen molar-refractivity contribution >= 4 is 30.0 Å². The predicted molar refractivity (Wildman–Crippen MR) is 107 cm³/mol. The molecule has 0 aliphatic heterocycles. The van der Waals surface area contributed by atoms with E-state index < -0.39 is 0 Å². The Kier molecular flexibility index (Phi) is 5.78. The fourth-order valence-electron chi connectivity index (χ4n) is 2.46. The summed E-state index contributed by atoms with van der Waals surface area (Å²) in [7, 11) is 4.70. The van der Waals surface area contributed by atoms with Crippen molar-refractivity contribution in [3.8, 4) is 28.6 Å².